The third-order valence-corrected chi connectivity index (χ3v) is 5.44. The molecule has 5 nitrogen and oxygen atoms in total. The topological polar surface area (TPSA) is 52.2 Å². The van der Waals surface area contributed by atoms with Gasteiger partial charge in [-0.25, -0.2) is 9.37 Å². The minimum Gasteiger partial charge on any atom is -0.369 e. The number of hydrogen-bond donors (Lipinski definition) is 1. The van der Waals surface area contributed by atoms with Crippen molar-refractivity contribution in [3.63, 3.8) is 0 Å². The molecule has 0 unspecified atom stereocenters. The summed E-state index contributed by atoms with van der Waals surface area (Å²) in [7, 11) is 0. The number of halogens is 1. The number of nitrogens with zero attached hydrogens (tertiary/aromatic N) is 3. The molecule has 3 heterocycles. The van der Waals surface area contributed by atoms with Gasteiger partial charge in [-0.15, -0.1) is 0 Å². The highest BCUT2D eigenvalue weighted by molar-refractivity contribution is 5.49. The molecule has 0 bridgehead atoms. The van der Waals surface area contributed by atoms with E-state index in [2.05, 4.69) is 19.8 Å². The van der Waals surface area contributed by atoms with Crippen molar-refractivity contribution in [2.24, 2.45) is 0 Å². The van der Waals surface area contributed by atoms with Crippen LogP contribution in [0, 0.1) is 12.7 Å². The fraction of sp³-hybridized carbons (Fsp3) is 0.500. The molecule has 1 N–H and O–H groups in total. The van der Waals surface area contributed by atoms with E-state index in [1.54, 1.807) is 12.1 Å². The first-order valence-electron chi connectivity index (χ1n) is 9.42. The molecule has 0 amide bonds. The fourth-order valence-electron chi connectivity index (χ4n) is 4.15. The lowest BCUT2D eigenvalue weighted by Gasteiger charge is -2.20. The minimum absolute atomic E-state index is 0.0921. The first-order chi connectivity index (χ1) is 12.6. The van der Waals surface area contributed by atoms with Gasteiger partial charge in [0.2, 0.25) is 0 Å². The average molecular weight is 356 g/mol. The van der Waals surface area contributed by atoms with E-state index in [1.807, 2.05) is 19.1 Å². The molecule has 0 radical (unpaired) electrons. The van der Waals surface area contributed by atoms with E-state index in [1.165, 1.54) is 0 Å². The predicted octanol–water partition coefficient (Wildman–Crippen LogP) is 2.81. The zero-order valence-electron chi connectivity index (χ0n) is 15.2. The molecule has 2 fully saturated rings. The van der Waals surface area contributed by atoms with E-state index in [9.17, 15) is 9.18 Å². The van der Waals surface area contributed by atoms with E-state index in [0.29, 0.717) is 5.82 Å². The van der Waals surface area contributed by atoms with Crippen LogP contribution in [0.2, 0.25) is 0 Å². The summed E-state index contributed by atoms with van der Waals surface area (Å²) >= 11 is 0. The van der Waals surface area contributed by atoms with E-state index in [4.69, 9.17) is 0 Å². The number of benzene rings is 1. The Balaban J connectivity index is 1.42. The summed E-state index contributed by atoms with van der Waals surface area (Å²) in [5, 5.41) is 0. The predicted molar refractivity (Wildman–Crippen MR) is 100 cm³/mol. The zero-order valence-corrected chi connectivity index (χ0v) is 15.2. The van der Waals surface area contributed by atoms with Gasteiger partial charge in [0, 0.05) is 38.2 Å². The maximum absolute atomic E-state index is 14.5. The maximum Gasteiger partial charge on any atom is 0.251 e. The summed E-state index contributed by atoms with van der Waals surface area (Å²) in [6.07, 6.45) is 3.27. The standard InChI is InChI=1S/C20H25FN4O/c1-14-22-18(11-20(26)23-14)16-6-9-24(13-16)12-15-4-5-19(17(21)10-15)25-7-2-3-8-25/h4-5,10-11,16H,2-3,6-9,12-13H2,1H3,(H,22,23,26)/t16-/m0/s1. The number of anilines is 1. The van der Waals surface area contributed by atoms with Gasteiger partial charge in [0.05, 0.1) is 11.4 Å². The number of rotatable bonds is 4. The van der Waals surface area contributed by atoms with E-state index >= 15 is 0 Å². The third kappa shape index (κ3) is 3.65. The molecule has 26 heavy (non-hydrogen) atoms. The monoisotopic (exact) mass is 356 g/mol. The Kier molecular flexibility index (Phi) is 4.76. The summed E-state index contributed by atoms with van der Waals surface area (Å²) in [5.74, 6) is 0.808. The van der Waals surface area contributed by atoms with Crippen LogP contribution >= 0.6 is 0 Å². The van der Waals surface area contributed by atoms with Crippen LogP contribution in [0.1, 0.15) is 42.3 Å². The highest BCUT2D eigenvalue weighted by Gasteiger charge is 2.26. The smallest absolute Gasteiger partial charge is 0.251 e. The Hall–Kier alpha value is -2.21. The van der Waals surface area contributed by atoms with Crippen LogP contribution in [-0.2, 0) is 6.54 Å². The lowest BCUT2D eigenvalue weighted by Crippen LogP contribution is -2.22. The van der Waals surface area contributed by atoms with Crippen molar-refractivity contribution in [3.05, 3.63) is 57.5 Å². The number of aryl methyl sites for hydroxylation is 1. The highest BCUT2D eigenvalue weighted by Crippen LogP contribution is 2.28. The molecule has 2 aliphatic rings. The van der Waals surface area contributed by atoms with Gasteiger partial charge in [-0.3, -0.25) is 9.69 Å². The molecule has 0 saturated carbocycles. The van der Waals surface area contributed by atoms with Crippen molar-refractivity contribution in [1.82, 2.24) is 14.9 Å². The number of aromatic nitrogens is 2. The summed E-state index contributed by atoms with van der Waals surface area (Å²) in [4.78, 5) is 23.3. The van der Waals surface area contributed by atoms with Gasteiger partial charge in [-0.1, -0.05) is 6.07 Å². The Morgan fingerprint density at radius 3 is 2.77 bits per heavy atom. The van der Waals surface area contributed by atoms with E-state index < -0.39 is 0 Å². The van der Waals surface area contributed by atoms with Crippen LogP contribution in [0.4, 0.5) is 10.1 Å². The summed E-state index contributed by atoms with van der Waals surface area (Å²) in [5.41, 5.74) is 2.50. The first kappa shape index (κ1) is 17.2. The second-order valence-corrected chi connectivity index (χ2v) is 7.46. The van der Waals surface area contributed by atoms with Crippen LogP contribution in [0.3, 0.4) is 0 Å². The molecule has 2 aliphatic heterocycles. The third-order valence-electron chi connectivity index (χ3n) is 5.44. The van der Waals surface area contributed by atoms with Gasteiger partial charge in [0.15, 0.2) is 0 Å². The van der Waals surface area contributed by atoms with Crippen LogP contribution < -0.4 is 10.5 Å². The van der Waals surface area contributed by atoms with Crippen LogP contribution in [-0.4, -0.2) is 41.0 Å². The summed E-state index contributed by atoms with van der Waals surface area (Å²) in [6.45, 7) is 6.23. The van der Waals surface area contributed by atoms with Crippen LogP contribution in [0.15, 0.2) is 29.1 Å². The lowest BCUT2D eigenvalue weighted by molar-refractivity contribution is 0.325. The molecule has 2 saturated heterocycles. The summed E-state index contributed by atoms with van der Waals surface area (Å²) in [6, 6.07) is 7.24. The van der Waals surface area contributed by atoms with E-state index in [0.717, 1.165) is 68.9 Å². The van der Waals surface area contributed by atoms with Crippen LogP contribution in [0.5, 0.6) is 0 Å². The Labute approximate surface area is 152 Å². The average Bonchev–Trinajstić information content (AvgIpc) is 3.26. The molecule has 4 rings (SSSR count). The molecule has 138 valence electrons. The van der Waals surface area contributed by atoms with Gasteiger partial charge >= 0.3 is 0 Å². The number of likely N-dealkylation sites (tertiary alicyclic amines) is 1. The molecule has 1 aromatic carbocycles. The fourth-order valence-corrected chi connectivity index (χ4v) is 4.15. The Bertz CT molecular complexity index is 844. The number of hydrogen-bond acceptors (Lipinski definition) is 4. The molecule has 0 aliphatic carbocycles. The quantitative estimate of drug-likeness (QED) is 0.915. The second kappa shape index (κ2) is 7.19. The minimum atomic E-state index is -0.118. The zero-order chi connectivity index (χ0) is 18.1. The van der Waals surface area contributed by atoms with Gasteiger partial charge < -0.3 is 9.88 Å². The number of H-pyrrole nitrogens is 1. The number of nitrogens with one attached hydrogen (secondary N) is 1. The van der Waals surface area contributed by atoms with Crippen molar-refractivity contribution in [2.45, 2.75) is 38.6 Å². The Morgan fingerprint density at radius 1 is 1.23 bits per heavy atom. The molecule has 6 heteroatoms. The summed E-state index contributed by atoms with van der Waals surface area (Å²) < 4.78 is 14.5. The second-order valence-electron chi connectivity index (χ2n) is 7.46. The highest BCUT2D eigenvalue weighted by atomic mass is 19.1. The number of aromatic amines is 1. The first-order valence-corrected chi connectivity index (χ1v) is 9.42. The normalized spacial score (nSPS) is 20.8. The molecule has 2 aromatic rings. The molecular formula is C20H25FN4O. The van der Waals surface area contributed by atoms with Gasteiger partial charge in [0.25, 0.3) is 5.56 Å². The molecule has 1 aromatic heterocycles. The Morgan fingerprint density at radius 2 is 2.04 bits per heavy atom. The van der Waals surface area contributed by atoms with Crippen LogP contribution in [0.25, 0.3) is 0 Å². The largest absolute Gasteiger partial charge is 0.369 e. The van der Waals surface area contributed by atoms with E-state index in [-0.39, 0.29) is 17.3 Å². The van der Waals surface area contributed by atoms with Crippen molar-refractivity contribution in [3.8, 4) is 0 Å². The SMILES string of the molecule is Cc1nc([C@H]2CCN(Cc3ccc(N4CCCC4)c(F)c3)C2)cc(=O)[nH]1. The van der Waals surface area contributed by atoms with Gasteiger partial charge in [-0.2, -0.15) is 0 Å². The molecule has 1 atom stereocenters. The van der Waals surface area contributed by atoms with Crippen molar-refractivity contribution in [2.75, 3.05) is 31.1 Å². The van der Waals surface area contributed by atoms with Crippen molar-refractivity contribution < 1.29 is 4.39 Å². The van der Waals surface area contributed by atoms with Crippen molar-refractivity contribution >= 4 is 5.69 Å². The van der Waals surface area contributed by atoms with Gasteiger partial charge in [-0.05, 0) is 50.4 Å². The molecular weight excluding hydrogens is 331 g/mol. The van der Waals surface area contributed by atoms with Gasteiger partial charge in [0.1, 0.15) is 11.6 Å². The van der Waals surface area contributed by atoms with Crippen molar-refractivity contribution in [1.29, 1.82) is 0 Å². The lowest BCUT2D eigenvalue weighted by atomic mass is 10.0. The molecule has 0 spiro atoms. The maximum atomic E-state index is 14.5.